The lowest BCUT2D eigenvalue weighted by Gasteiger charge is -2.30. The van der Waals surface area contributed by atoms with E-state index in [0.717, 1.165) is 0 Å². The summed E-state index contributed by atoms with van der Waals surface area (Å²) in [5, 5.41) is 3.34. The zero-order chi connectivity index (χ0) is 23.1. The van der Waals surface area contributed by atoms with Crippen LogP contribution in [0.1, 0.15) is 52.6 Å². The van der Waals surface area contributed by atoms with Gasteiger partial charge in [0.05, 0.1) is 0 Å². The maximum Gasteiger partial charge on any atom is 0.239 e. The van der Waals surface area contributed by atoms with Gasteiger partial charge in [0.2, 0.25) is 17.2 Å². The van der Waals surface area contributed by atoms with Crippen molar-refractivity contribution in [2.24, 2.45) is 0 Å². The molecule has 0 radical (unpaired) electrons. The summed E-state index contributed by atoms with van der Waals surface area (Å²) in [6.07, 6.45) is 3.40. The van der Waals surface area contributed by atoms with E-state index in [4.69, 9.17) is 0 Å². The van der Waals surface area contributed by atoms with Crippen LogP contribution in [0.2, 0.25) is 0 Å². The minimum Gasteiger partial charge on any atom is -0.364 e. The second-order valence-electron chi connectivity index (χ2n) is 8.64. The molecule has 3 aliphatic carbocycles. The number of hydrogen-bond donors (Lipinski definition) is 2. The van der Waals surface area contributed by atoms with Crippen LogP contribution in [-0.2, 0) is 0 Å². The predicted octanol–water partition coefficient (Wildman–Crippen LogP) is 2.35. The van der Waals surface area contributed by atoms with Crippen molar-refractivity contribution in [3.8, 4) is 0 Å². The van der Waals surface area contributed by atoms with Crippen molar-refractivity contribution in [2.45, 2.75) is 6.04 Å². The molecule has 1 unspecified atom stereocenters. The Balaban J connectivity index is 1.39. The molecule has 4 aliphatic rings. The molecule has 2 N–H and O–H groups in total. The first kappa shape index (κ1) is 18.8. The first-order valence-electron chi connectivity index (χ1n) is 10.9. The molecule has 7 rings (SSSR count). The van der Waals surface area contributed by atoms with Gasteiger partial charge in [0, 0.05) is 45.0 Å². The zero-order valence-corrected chi connectivity index (χ0v) is 17.6. The molecule has 6 heteroatoms. The predicted molar refractivity (Wildman–Crippen MR) is 124 cm³/mol. The van der Waals surface area contributed by atoms with Gasteiger partial charge in [-0.05, 0) is 18.2 Å². The molecule has 1 atom stereocenters. The van der Waals surface area contributed by atoms with Crippen molar-refractivity contribution in [2.75, 3.05) is 5.32 Å². The molecule has 160 valence electrons. The molecule has 0 spiro atoms. The Hall–Kier alpha value is -4.71. The molecular formula is C28H15N2O4+. The molecule has 6 nitrogen and oxygen atoms in total. The highest BCUT2D eigenvalue weighted by atomic mass is 16.1. The quantitative estimate of drug-likeness (QED) is 0.435. The number of carbonyl (C=O) groups is 4. The van der Waals surface area contributed by atoms with Crippen molar-refractivity contribution >= 4 is 40.2 Å². The first-order chi connectivity index (χ1) is 16.5. The Morgan fingerprint density at radius 3 is 1.94 bits per heavy atom. The highest BCUT2D eigenvalue weighted by molar-refractivity contribution is 6.33. The Labute approximate surface area is 193 Å². The second kappa shape index (κ2) is 6.42. The lowest BCUT2D eigenvalue weighted by molar-refractivity contribution is -0.355. The Morgan fingerprint density at radius 2 is 1.24 bits per heavy atom. The van der Waals surface area contributed by atoms with Crippen LogP contribution in [-0.4, -0.2) is 34.9 Å². The molecule has 34 heavy (non-hydrogen) atoms. The van der Waals surface area contributed by atoms with Crippen LogP contribution >= 0.6 is 0 Å². The van der Waals surface area contributed by atoms with Gasteiger partial charge in [-0.25, -0.2) is 4.99 Å². The van der Waals surface area contributed by atoms with E-state index in [-0.39, 0.29) is 23.1 Å². The summed E-state index contributed by atoms with van der Waals surface area (Å²) in [4.78, 5) is 56.3. The number of Topliss-reactive ketones (excluding diaryl/α,β-unsaturated/α-hetero) is 2. The first-order valence-corrected chi connectivity index (χ1v) is 10.9. The summed E-state index contributed by atoms with van der Waals surface area (Å²) >= 11 is 0. The summed E-state index contributed by atoms with van der Waals surface area (Å²) in [5.74, 6) is -0.812. The van der Waals surface area contributed by atoms with E-state index in [1.807, 2.05) is 0 Å². The molecule has 1 aliphatic heterocycles. The molecule has 0 aromatic heterocycles. The number of benzene rings is 3. The average molecular weight is 443 g/mol. The number of hydrogen-bond acceptors (Lipinski definition) is 5. The monoisotopic (exact) mass is 443 g/mol. The molecule has 0 saturated heterocycles. The van der Waals surface area contributed by atoms with Crippen molar-refractivity contribution < 1.29 is 24.2 Å². The third kappa shape index (κ3) is 2.26. The summed E-state index contributed by atoms with van der Waals surface area (Å²) in [6, 6.07) is 16.4. The summed E-state index contributed by atoms with van der Waals surface area (Å²) in [5.41, 5.74) is 4.68. The largest absolute Gasteiger partial charge is 0.364 e. The number of fused-ring (bicyclic) bond motifs is 7. The van der Waals surface area contributed by atoms with E-state index >= 15 is 0 Å². The molecule has 1 heterocycles. The zero-order valence-electron chi connectivity index (χ0n) is 17.6. The minimum absolute atomic E-state index is 0.184. The van der Waals surface area contributed by atoms with Gasteiger partial charge in [-0.1, -0.05) is 48.5 Å². The van der Waals surface area contributed by atoms with Crippen molar-refractivity contribution in [3.05, 3.63) is 117 Å². The van der Waals surface area contributed by atoms with Crippen LogP contribution in [0.5, 0.6) is 0 Å². The number of nitrogens with one attached hydrogen (secondary N) is 2. The summed E-state index contributed by atoms with van der Waals surface area (Å²) in [6.45, 7) is 0. The van der Waals surface area contributed by atoms with Gasteiger partial charge < -0.3 is 5.32 Å². The fraction of sp³-hybridized carbons (Fsp3) is 0.0357. The van der Waals surface area contributed by atoms with Crippen molar-refractivity contribution in [3.63, 3.8) is 0 Å². The van der Waals surface area contributed by atoms with Gasteiger partial charge >= 0.3 is 0 Å². The van der Waals surface area contributed by atoms with Crippen LogP contribution in [0.4, 0.5) is 11.4 Å². The Kier molecular flexibility index (Phi) is 3.55. The van der Waals surface area contributed by atoms with Crippen LogP contribution in [0.3, 0.4) is 0 Å². The van der Waals surface area contributed by atoms with Crippen LogP contribution in [0.15, 0.2) is 84.0 Å². The molecule has 0 bridgehead atoms. The molecular weight excluding hydrogens is 428 g/mol. The Bertz CT molecular complexity index is 1650. The van der Waals surface area contributed by atoms with Crippen molar-refractivity contribution in [1.82, 2.24) is 0 Å². The molecule has 0 amide bonds. The van der Waals surface area contributed by atoms with E-state index < -0.39 is 6.04 Å². The lowest BCUT2D eigenvalue weighted by atomic mass is 9.76. The van der Waals surface area contributed by atoms with Gasteiger partial charge in [-0.15, -0.1) is 0 Å². The van der Waals surface area contributed by atoms with E-state index in [1.165, 1.54) is 0 Å². The summed E-state index contributed by atoms with van der Waals surface area (Å²) in [7, 11) is 0. The van der Waals surface area contributed by atoms with Gasteiger partial charge in [0.15, 0.2) is 17.3 Å². The van der Waals surface area contributed by atoms with Crippen LogP contribution < -0.4 is 10.3 Å². The maximum absolute atomic E-state index is 13.4. The number of anilines is 1. The van der Waals surface area contributed by atoms with Crippen LogP contribution in [0, 0.1) is 0 Å². The fourth-order valence-electron chi connectivity index (χ4n) is 5.29. The normalized spacial score (nSPS) is 19.3. The van der Waals surface area contributed by atoms with Crippen molar-refractivity contribution in [1.29, 1.82) is 0 Å². The lowest BCUT2D eigenvalue weighted by Crippen LogP contribution is -2.74. The van der Waals surface area contributed by atoms with E-state index in [2.05, 4.69) is 10.3 Å². The third-order valence-corrected chi connectivity index (χ3v) is 6.89. The van der Waals surface area contributed by atoms with E-state index in [0.29, 0.717) is 61.6 Å². The average Bonchev–Trinajstić information content (AvgIpc) is 2.88. The Morgan fingerprint density at radius 1 is 0.618 bits per heavy atom. The fourth-order valence-corrected chi connectivity index (χ4v) is 5.29. The number of rotatable bonds is 0. The highest BCUT2D eigenvalue weighted by Gasteiger charge is 2.44. The SMILES string of the molecule is O=C1C2=C(C(=O)c3ccccc31)C1Nc3ccc4c(c3[NH+]=C1C=C2)C(=O)c1ccccc1C4=O. The van der Waals surface area contributed by atoms with E-state index in [9.17, 15) is 19.2 Å². The molecule has 3 aromatic rings. The number of carbonyl (C=O) groups excluding carboxylic acids is 4. The van der Waals surface area contributed by atoms with Gasteiger partial charge in [0.25, 0.3) is 0 Å². The van der Waals surface area contributed by atoms with Gasteiger partial charge in [-0.3, -0.25) is 19.2 Å². The molecule has 0 fully saturated rings. The van der Waals surface area contributed by atoms with Gasteiger partial charge in [-0.2, -0.15) is 0 Å². The topological polar surface area (TPSA) is 94.3 Å². The highest BCUT2D eigenvalue weighted by Crippen LogP contribution is 2.38. The third-order valence-electron chi connectivity index (χ3n) is 6.89. The standard InChI is InChI=1S/C28H14N2O4/c31-25-13-5-1-3-7-15(13)27(33)21-17(25)9-11-19-23(21)29-20-12-10-18-22(24(20)30-19)28(34)16-8-4-2-6-14(16)26(18)32/h1-12,23,29H/p+1. The van der Waals surface area contributed by atoms with Gasteiger partial charge in [0.1, 0.15) is 17.3 Å². The number of ketones is 4. The maximum atomic E-state index is 13.4. The number of allylic oxidation sites excluding steroid dienone is 2. The smallest absolute Gasteiger partial charge is 0.239 e. The minimum atomic E-state index is -0.572. The summed E-state index contributed by atoms with van der Waals surface area (Å²) < 4.78 is 0. The second-order valence-corrected chi connectivity index (χ2v) is 8.64. The van der Waals surface area contributed by atoms with Crippen LogP contribution in [0.25, 0.3) is 0 Å². The molecule has 3 aromatic carbocycles. The van der Waals surface area contributed by atoms with E-state index in [1.54, 1.807) is 72.8 Å². The molecule has 0 saturated carbocycles.